The van der Waals surface area contributed by atoms with Gasteiger partial charge in [0.2, 0.25) is 0 Å². The number of hydrogen-bond donors (Lipinski definition) is 1. The third-order valence-electron chi connectivity index (χ3n) is 1.98. The molecule has 1 aromatic heterocycles. The highest BCUT2D eigenvalue weighted by molar-refractivity contribution is 7.20. The molecule has 4 heteroatoms. The lowest BCUT2D eigenvalue weighted by atomic mass is 10.2. The summed E-state index contributed by atoms with van der Waals surface area (Å²) in [5.41, 5.74) is 0.807. The molecule has 0 fully saturated rings. The summed E-state index contributed by atoms with van der Waals surface area (Å²) in [5, 5.41) is 19.1. The molecule has 1 heterocycles. The van der Waals surface area contributed by atoms with E-state index in [1.807, 2.05) is 24.3 Å². The predicted molar refractivity (Wildman–Crippen MR) is 57.5 cm³/mol. The highest BCUT2D eigenvalue weighted by Gasteiger charge is 2.09. The minimum absolute atomic E-state index is 0.00992. The molecule has 0 amide bonds. The molecule has 1 aromatic carbocycles. The van der Waals surface area contributed by atoms with E-state index in [-0.39, 0.29) is 6.61 Å². The smallest absolute Gasteiger partial charge is 0.124 e. The molecule has 0 spiro atoms. The van der Waals surface area contributed by atoms with Gasteiger partial charge in [-0.15, -0.1) is 11.3 Å². The largest absolute Gasteiger partial charge is 0.392 e. The standard InChI is InChI=1S/C10H6ClNOS/c11-10-7-3-6(5-13)1-2-8(7)14-9(10)4-12/h1-3,13H,5H2. The molecule has 0 aliphatic carbocycles. The van der Waals surface area contributed by atoms with Crippen LogP contribution in [0.25, 0.3) is 10.1 Å². The van der Waals surface area contributed by atoms with E-state index in [0.717, 1.165) is 15.6 Å². The van der Waals surface area contributed by atoms with Crippen molar-refractivity contribution < 1.29 is 5.11 Å². The van der Waals surface area contributed by atoms with Crippen molar-refractivity contribution in [2.45, 2.75) is 6.61 Å². The molecule has 0 bridgehead atoms. The first kappa shape index (κ1) is 9.47. The highest BCUT2D eigenvalue weighted by Crippen LogP contribution is 2.35. The Balaban J connectivity index is 2.76. The molecule has 70 valence electrons. The summed E-state index contributed by atoms with van der Waals surface area (Å²) in [6, 6.07) is 7.56. The fourth-order valence-electron chi connectivity index (χ4n) is 1.28. The zero-order chi connectivity index (χ0) is 10.1. The van der Waals surface area contributed by atoms with Gasteiger partial charge in [-0.3, -0.25) is 0 Å². The van der Waals surface area contributed by atoms with Crippen LogP contribution in [0.5, 0.6) is 0 Å². The topological polar surface area (TPSA) is 44.0 Å². The van der Waals surface area contributed by atoms with Crippen LogP contribution in [0.4, 0.5) is 0 Å². The summed E-state index contributed by atoms with van der Waals surface area (Å²) >= 11 is 7.36. The number of aliphatic hydroxyl groups is 1. The first-order chi connectivity index (χ1) is 6.76. The third-order valence-corrected chi connectivity index (χ3v) is 3.56. The number of thiophene rings is 1. The Morgan fingerprint density at radius 1 is 1.50 bits per heavy atom. The maximum absolute atomic E-state index is 8.95. The summed E-state index contributed by atoms with van der Waals surface area (Å²) in [6.45, 7) is -0.00992. The molecular weight excluding hydrogens is 218 g/mol. The van der Waals surface area contributed by atoms with Gasteiger partial charge in [-0.25, -0.2) is 0 Å². The van der Waals surface area contributed by atoms with E-state index < -0.39 is 0 Å². The van der Waals surface area contributed by atoms with E-state index in [9.17, 15) is 0 Å². The molecule has 0 radical (unpaired) electrons. The average molecular weight is 224 g/mol. The van der Waals surface area contributed by atoms with Gasteiger partial charge in [-0.1, -0.05) is 17.7 Å². The number of nitrogens with zero attached hydrogens (tertiary/aromatic N) is 1. The second kappa shape index (κ2) is 3.58. The van der Waals surface area contributed by atoms with E-state index in [1.54, 1.807) is 0 Å². The van der Waals surface area contributed by atoms with Crippen LogP contribution < -0.4 is 0 Å². The molecule has 0 aliphatic heterocycles. The Hall–Kier alpha value is -1.08. The number of benzene rings is 1. The van der Waals surface area contributed by atoms with Crippen LogP contribution in [-0.2, 0) is 6.61 Å². The minimum atomic E-state index is -0.00992. The van der Waals surface area contributed by atoms with Crippen LogP contribution in [0, 0.1) is 11.3 Å². The molecule has 0 unspecified atom stereocenters. The van der Waals surface area contributed by atoms with Crippen molar-refractivity contribution in [2.75, 3.05) is 0 Å². The zero-order valence-electron chi connectivity index (χ0n) is 7.12. The molecule has 2 rings (SSSR count). The predicted octanol–water partition coefficient (Wildman–Crippen LogP) is 2.92. The van der Waals surface area contributed by atoms with Crippen molar-refractivity contribution in [1.29, 1.82) is 5.26 Å². The number of halogens is 1. The summed E-state index contributed by atoms with van der Waals surface area (Å²) in [4.78, 5) is 0.525. The fourth-order valence-corrected chi connectivity index (χ4v) is 2.53. The second-order valence-corrected chi connectivity index (χ2v) is 4.28. The Labute approximate surface area is 90.0 Å². The first-order valence-corrected chi connectivity index (χ1v) is 5.17. The third kappa shape index (κ3) is 1.38. The van der Waals surface area contributed by atoms with Gasteiger partial charge in [0.15, 0.2) is 0 Å². The molecule has 0 aliphatic rings. The summed E-state index contributed by atoms with van der Waals surface area (Å²) < 4.78 is 0.976. The number of fused-ring (bicyclic) bond motifs is 1. The lowest BCUT2D eigenvalue weighted by molar-refractivity contribution is 0.282. The van der Waals surface area contributed by atoms with Gasteiger partial charge in [-0.2, -0.15) is 5.26 Å². The van der Waals surface area contributed by atoms with Gasteiger partial charge in [0, 0.05) is 10.1 Å². The molecule has 0 saturated heterocycles. The molecule has 14 heavy (non-hydrogen) atoms. The van der Waals surface area contributed by atoms with Gasteiger partial charge in [0.05, 0.1) is 11.6 Å². The summed E-state index contributed by atoms with van der Waals surface area (Å²) in [7, 11) is 0. The van der Waals surface area contributed by atoms with Crippen molar-refractivity contribution in [3.8, 4) is 6.07 Å². The Kier molecular flexibility index (Phi) is 2.42. The van der Waals surface area contributed by atoms with E-state index in [2.05, 4.69) is 0 Å². The minimum Gasteiger partial charge on any atom is -0.392 e. The van der Waals surface area contributed by atoms with Crippen molar-refractivity contribution in [2.24, 2.45) is 0 Å². The molecule has 1 N–H and O–H groups in total. The Morgan fingerprint density at radius 2 is 2.29 bits per heavy atom. The van der Waals surface area contributed by atoms with Crippen LogP contribution in [0.2, 0.25) is 5.02 Å². The van der Waals surface area contributed by atoms with Gasteiger partial charge < -0.3 is 5.11 Å². The fraction of sp³-hybridized carbons (Fsp3) is 0.100. The van der Waals surface area contributed by atoms with E-state index in [4.69, 9.17) is 22.0 Å². The lowest BCUT2D eigenvalue weighted by Crippen LogP contribution is -1.80. The second-order valence-electron chi connectivity index (χ2n) is 2.85. The van der Waals surface area contributed by atoms with Gasteiger partial charge >= 0.3 is 0 Å². The monoisotopic (exact) mass is 223 g/mol. The van der Waals surface area contributed by atoms with E-state index in [1.165, 1.54) is 11.3 Å². The van der Waals surface area contributed by atoms with Crippen LogP contribution >= 0.6 is 22.9 Å². The van der Waals surface area contributed by atoms with Gasteiger partial charge in [0.1, 0.15) is 10.9 Å². The summed E-state index contributed by atoms with van der Waals surface area (Å²) in [6.07, 6.45) is 0. The van der Waals surface area contributed by atoms with E-state index >= 15 is 0 Å². The quantitative estimate of drug-likeness (QED) is 0.808. The normalized spacial score (nSPS) is 10.4. The Morgan fingerprint density at radius 3 is 2.93 bits per heavy atom. The number of nitriles is 1. The maximum atomic E-state index is 8.95. The zero-order valence-corrected chi connectivity index (χ0v) is 8.69. The Bertz CT molecular complexity index is 527. The number of aliphatic hydroxyl groups excluding tert-OH is 1. The van der Waals surface area contributed by atoms with Crippen molar-refractivity contribution >= 4 is 33.0 Å². The SMILES string of the molecule is N#Cc1sc2ccc(CO)cc2c1Cl. The molecule has 2 aromatic rings. The molecule has 0 saturated carbocycles. The molecule has 0 atom stereocenters. The van der Waals surface area contributed by atoms with Crippen LogP contribution in [-0.4, -0.2) is 5.11 Å². The molecular formula is C10H6ClNOS. The van der Waals surface area contributed by atoms with Gasteiger partial charge in [-0.05, 0) is 17.7 Å². The molecule has 2 nitrogen and oxygen atoms in total. The van der Waals surface area contributed by atoms with Crippen molar-refractivity contribution in [3.63, 3.8) is 0 Å². The van der Waals surface area contributed by atoms with E-state index in [0.29, 0.717) is 9.90 Å². The first-order valence-electron chi connectivity index (χ1n) is 3.98. The maximum Gasteiger partial charge on any atom is 0.124 e. The highest BCUT2D eigenvalue weighted by atomic mass is 35.5. The number of hydrogen-bond acceptors (Lipinski definition) is 3. The lowest BCUT2D eigenvalue weighted by Gasteiger charge is -1.95. The van der Waals surface area contributed by atoms with Crippen molar-refractivity contribution in [1.82, 2.24) is 0 Å². The van der Waals surface area contributed by atoms with Crippen LogP contribution in [0.3, 0.4) is 0 Å². The van der Waals surface area contributed by atoms with Crippen LogP contribution in [0.1, 0.15) is 10.4 Å². The number of rotatable bonds is 1. The van der Waals surface area contributed by atoms with Crippen LogP contribution in [0.15, 0.2) is 18.2 Å². The van der Waals surface area contributed by atoms with Crippen molar-refractivity contribution in [3.05, 3.63) is 33.7 Å². The van der Waals surface area contributed by atoms with Gasteiger partial charge in [0.25, 0.3) is 0 Å². The summed E-state index contributed by atoms with van der Waals surface area (Å²) in [5.74, 6) is 0. The average Bonchev–Trinajstić information content (AvgIpc) is 2.55.